The van der Waals surface area contributed by atoms with Crippen molar-refractivity contribution in [2.75, 3.05) is 17.4 Å². The zero-order valence-corrected chi connectivity index (χ0v) is 23.2. The predicted octanol–water partition coefficient (Wildman–Crippen LogP) is 5.27. The maximum atomic E-state index is 13.8. The second kappa shape index (κ2) is 13.1. The number of sulfonamides is 1. The Balaban J connectivity index is 2.02. The van der Waals surface area contributed by atoms with Crippen molar-refractivity contribution in [1.82, 2.24) is 10.2 Å². The molecule has 0 radical (unpaired) electrons. The molecule has 0 fully saturated rings. The fraction of sp³-hybridized carbons (Fsp3) is 0.259. The van der Waals surface area contributed by atoms with Crippen LogP contribution >= 0.6 is 23.2 Å². The molecule has 3 aromatic carbocycles. The van der Waals surface area contributed by atoms with Crippen LogP contribution in [0.5, 0.6) is 0 Å². The quantitative estimate of drug-likeness (QED) is 0.335. The number of nitrogens with one attached hydrogen (secondary N) is 1. The monoisotopic (exact) mass is 579 g/mol. The number of rotatable bonds is 11. The molecule has 38 heavy (non-hydrogen) atoms. The predicted molar refractivity (Wildman–Crippen MR) is 147 cm³/mol. The number of halogens is 3. The van der Waals surface area contributed by atoms with Crippen LogP contribution in [0, 0.1) is 5.82 Å². The Bertz CT molecular complexity index is 1370. The number of nitrogens with zero attached hydrogens (tertiary/aromatic N) is 2. The Labute approximate surface area is 232 Å². The molecule has 0 aliphatic heterocycles. The molecular formula is C27H28Cl2FN3O4S. The van der Waals surface area contributed by atoms with E-state index in [-0.39, 0.29) is 17.1 Å². The molecular weight excluding hydrogens is 552 g/mol. The highest BCUT2D eigenvalue weighted by atomic mass is 35.5. The van der Waals surface area contributed by atoms with E-state index in [1.807, 2.05) is 6.92 Å². The molecule has 0 spiro atoms. The largest absolute Gasteiger partial charge is 0.354 e. The fourth-order valence-electron chi connectivity index (χ4n) is 3.67. The first kappa shape index (κ1) is 29.4. The number of carbonyl (C=O) groups is 2. The third-order valence-electron chi connectivity index (χ3n) is 5.80. The summed E-state index contributed by atoms with van der Waals surface area (Å²) >= 11 is 12.4. The topological polar surface area (TPSA) is 86.8 Å². The minimum Gasteiger partial charge on any atom is -0.354 e. The van der Waals surface area contributed by atoms with E-state index in [0.717, 1.165) is 16.4 Å². The maximum absolute atomic E-state index is 13.8. The van der Waals surface area contributed by atoms with Crippen LogP contribution in [0.25, 0.3) is 0 Å². The molecule has 7 nitrogen and oxygen atoms in total. The van der Waals surface area contributed by atoms with E-state index in [0.29, 0.717) is 28.6 Å². The van der Waals surface area contributed by atoms with Crippen molar-refractivity contribution >= 4 is 50.7 Å². The van der Waals surface area contributed by atoms with Crippen LogP contribution in [-0.2, 0) is 26.2 Å². The second-order valence-corrected chi connectivity index (χ2v) is 11.2. The molecule has 0 bridgehead atoms. The van der Waals surface area contributed by atoms with Gasteiger partial charge in [-0.3, -0.25) is 13.9 Å². The third kappa shape index (κ3) is 7.24. The summed E-state index contributed by atoms with van der Waals surface area (Å²) in [5, 5.41) is 3.46. The highest BCUT2D eigenvalue weighted by molar-refractivity contribution is 7.92. The summed E-state index contributed by atoms with van der Waals surface area (Å²) in [5.41, 5.74) is 0.620. The summed E-state index contributed by atoms with van der Waals surface area (Å²) in [6.07, 6.45) is 0.698. The molecule has 0 unspecified atom stereocenters. The average Bonchev–Trinajstić information content (AvgIpc) is 2.90. The number of benzene rings is 3. The summed E-state index contributed by atoms with van der Waals surface area (Å²) < 4.78 is 41.8. The first-order valence-electron chi connectivity index (χ1n) is 11.9. The van der Waals surface area contributed by atoms with Gasteiger partial charge in [0.25, 0.3) is 10.0 Å². The molecule has 0 saturated heterocycles. The van der Waals surface area contributed by atoms with Crippen LogP contribution in [0.1, 0.15) is 25.8 Å². The molecule has 0 heterocycles. The molecule has 0 aliphatic rings. The molecule has 3 rings (SSSR count). The molecule has 1 N–H and O–H groups in total. The van der Waals surface area contributed by atoms with Crippen LogP contribution in [0.2, 0.25) is 10.0 Å². The van der Waals surface area contributed by atoms with Crippen molar-refractivity contribution in [2.24, 2.45) is 0 Å². The summed E-state index contributed by atoms with van der Waals surface area (Å²) in [6.45, 7) is 3.16. The Morgan fingerprint density at radius 3 is 2.26 bits per heavy atom. The van der Waals surface area contributed by atoms with Gasteiger partial charge in [-0.05, 0) is 67.4 Å². The fourth-order valence-corrected chi connectivity index (χ4v) is 5.57. The number of carbonyl (C=O) groups excluding carboxylic acids is 2. The lowest BCUT2D eigenvalue weighted by Crippen LogP contribution is -2.51. The highest BCUT2D eigenvalue weighted by Crippen LogP contribution is 2.26. The Hall–Kier alpha value is -3.14. The van der Waals surface area contributed by atoms with Crippen molar-refractivity contribution in [3.05, 3.63) is 94.2 Å². The van der Waals surface area contributed by atoms with E-state index in [1.165, 1.54) is 35.2 Å². The van der Waals surface area contributed by atoms with Crippen molar-refractivity contribution in [3.63, 3.8) is 0 Å². The van der Waals surface area contributed by atoms with Crippen molar-refractivity contribution in [3.8, 4) is 0 Å². The lowest BCUT2D eigenvalue weighted by molar-refractivity contribution is -0.139. The van der Waals surface area contributed by atoms with Crippen LogP contribution in [0.4, 0.5) is 10.1 Å². The molecule has 0 saturated carbocycles. The Kier molecular flexibility index (Phi) is 10.1. The van der Waals surface area contributed by atoms with E-state index in [4.69, 9.17) is 23.2 Å². The van der Waals surface area contributed by atoms with E-state index in [2.05, 4.69) is 5.32 Å². The van der Waals surface area contributed by atoms with Crippen molar-refractivity contribution in [2.45, 2.75) is 37.8 Å². The minimum atomic E-state index is -4.22. The smallest absolute Gasteiger partial charge is 0.264 e. The number of hydrogen-bond acceptors (Lipinski definition) is 4. The SMILES string of the molecule is CCCNC(=O)[C@@H](C)N(Cc1ccc(Cl)cc1Cl)C(=O)CN(c1ccc(F)cc1)S(=O)(=O)c1ccccc1. The molecule has 0 aliphatic carbocycles. The van der Waals surface area contributed by atoms with E-state index in [9.17, 15) is 22.4 Å². The number of amides is 2. The standard InChI is InChI=1S/C27H28Cl2FN3O4S/c1-3-15-31-27(35)19(2)32(17-20-9-10-21(28)16-25(20)29)26(34)18-33(23-13-11-22(30)12-14-23)38(36,37)24-7-5-4-6-8-24/h4-14,16,19H,3,15,17-18H2,1-2H3,(H,31,35)/t19-/m1/s1. The van der Waals surface area contributed by atoms with Gasteiger partial charge in [0.05, 0.1) is 10.6 Å². The minimum absolute atomic E-state index is 0.0434. The average molecular weight is 581 g/mol. The Morgan fingerprint density at radius 2 is 1.66 bits per heavy atom. The lowest BCUT2D eigenvalue weighted by Gasteiger charge is -2.32. The maximum Gasteiger partial charge on any atom is 0.264 e. The summed E-state index contributed by atoms with van der Waals surface area (Å²) in [5.74, 6) is -1.61. The normalized spacial score (nSPS) is 12.0. The number of hydrogen-bond donors (Lipinski definition) is 1. The van der Waals surface area contributed by atoms with Crippen LogP contribution in [-0.4, -0.2) is 44.3 Å². The first-order chi connectivity index (χ1) is 18.0. The Morgan fingerprint density at radius 1 is 1.00 bits per heavy atom. The zero-order valence-electron chi connectivity index (χ0n) is 20.9. The third-order valence-corrected chi connectivity index (χ3v) is 8.17. The van der Waals surface area contributed by atoms with Gasteiger partial charge in [0.2, 0.25) is 11.8 Å². The van der Waals surface area contributed by atoms with Gasteiger partial charge < -0.3 is 10.2 Å². The van der Waals surface area contributed by atoms with E-state index < -0.39 is 40.2 Å². The van der Waals surface area contributed by atoms with Crippen molar-refractivity contribution in [1.29, 1.82) is 0 Å². The summed E-state index contributed by atoms with van der Waals surface area (Å²) in [4.78, 5) is 27.8. The highest BCUT2D eigenvalue weighted by Gasteiger charge is 2.32. The molecule has 202 valence electrons. The number of anilines is 1. The van der Waals surface area contributed by atoms with Gasteiger partial charge in [-0.2, -0.15) is 0 Å². The summed E-state index contributed by atoms with van der Waals surface area (Å²) in [7, 11) is -4.22. The molecule has 1 atom stereocenters. The van der Waals surface area contributed by atoms with Crippen molar-refractivity contribution < 1.29 is 22.4 Å². The molecule has 3 aromatic rings. The summed E-state index contributed by atoms with van der Waals surface area (Å²) in [6, 6.07) is 16.2. The molecule has 2 amide bonds. The first-order valence-corrected chi connectivity index (χ1v) is 14.1. The van der Waals surface area contributed by atoms with Gasteiger partial charge in [-0.25, -0.2) is 12.8 Å². The molecule has 0 aromatic heterocycles. The zero-order chi connectivity index (χ0) is 27.9. The van der Waals surface area contributed by atoms with Crippen LogP contribution in [0.15, 0.2) is 77.7 Å². The van der Waals surface area contributed by atoms with Crippen LogP contribution in [0.3, 0.4) is 0 Å². The van der Waals surface area contributed by atoms with Gasteiger partial charge >= 0.3 is 0 Å². The van der Waals surface area contributed by atoms with Gasteiger partial charge in [0, 0.05) is 23.1 Å². The van der Waals surface area contributed by atoms with Gasteiger partial charge in [-0.1, -0.05) is 54.4 Å². The van der Waals surface area contributed by atoms with Gasteiger partial charge in [0.1, 0.15) is 18.4 Å². The van der Waals surface area contributed by atoms with Gasteiger partial charge in [0.15, 0.2) is 0 Å². The lowest BCUT2D eigenvalue weighted by atomic mass is 10.1. The molecule has 11 heteroatoms. The second-order valence-electron chi connectivity index (χ2n) is 8.53. The van der Waals surface area contributed by atoms with Crippen LogP contribution < -0.4 is 9.62 Å². The van der Waals surface area contributed by atoms with E-state index in [1.54, 1.807) is 37.3 Å². The van der Waals surface area contributed by atoms with E-state index >= 15 is 0 Å². The van der Waals surface area contributed by atoms with Gasteiger partial charge in [-0.15, -0.1) is 0 Å².